The molecule has 20 heavy (non-hydrogen) atoms. The molecule has 4 nitrogen and oxygen atoms in total. The van der Waals surface area contributed by atoms with Gasteiger partial charge in [0, 0.05) is 22.9 Å². The minimum atomic E-state index is -0.345. The van der Waals surface area contributed by atoms with Gasteiger partial charge in [0.25, 0.3) is 0 Å². The van der Waals surface area contributed by atoms with E-state index in [1.807, 2.05) is 16.3 Å². The molecule has 0 radical (unpaired) electrons. The van der Waals surface area contributed by atoms with Crippen molar-refractivity contribution in [1.29, 1.82) is 0 Å². The van der Waals surface area contributed by atoms with E-state index in [1.165, 1.54) is 17.6 Å². The molecule has 2 heterocycles. The second-order valence-corrected chi connectivity index (χ2v) is 6.20. The molecule has 1 aromatic carbocycles. The number of nitrogen functional groups attached to an aromatic ring is 1. The molecule has 0 amide bonds. The van der Waals surface area contributed by atoms with Gasteiger partial charge in [-0.15, -0.1) is 11.8 Å². The summed E-state index contributed by atoms with van der Waals surface area (Å²) in [4.78, 5) is 13.1. The lowest BCUT2D eigenvalue weighted by molar-refractivity contribution is 0.0588. The molecule has 0 bridgehead atoms. The summed E-state index contributed by atoms with van der Waals surface area (Å²) >= 11 is 1.85. The molecule has 0 spiro atoms. The molecular formula is C15H16N2O2S. The van der Waals surface area contributed by atoms with E-state index in [2.05, 4.69) is 24.3 Å². The van der Waals surface area contributed by atoms with Crippen molar-refractivity contribution in [2.75, 3.05) is 12.8 Å². The maximum absolute atomic E-state index is 11.7. The van der Waals surface area contributed by atoms with Gasteiger partial charge in [-0.1, -0.05) is 18.2 Å². The topological polar surface area (TPSA) is 57.2 Å². The number of ether oxygens (including phenoxy) is 1. The van der Waals surface area contributed by atoms with Crippen LogP contribution < -0.4 is 5.73 Å². The molecule has 1 aromatic heterocycles. The Morgan fingerprint density at radius 1 is 1.50 bits per heavy atom. The molecule has 1 unspecified atom stereocenters. The summed E-state index contributed by atoms with van der Waals surface area (Å²) in [5, 5.41) is 0.419. The van der Waals surface area contributed by atoms with Gasteiger partial charge < -0.3 is 15.0 Å². The van der Waals surface area contributed by atoms with Crippen LogP contribution in [0.15, 0.2) is 41.4 Å². The highest BCUT2D eigenvalue weighted by atomic mass is 32.2. The highest BCUT2D eigenvalue weighted by Gasteiger charge is 2.24. The van der Waals surface area contributed by atoms with E-state index in [9.17, 15) is 4.79 Å². The lowest BCUT2D eigenvalue weighted by Gasteiger charge is -2.12. The average molecular weight is 288 g/mol. The Labute approximate surface area is 121 Å². The number of rotatable bonds is 3. The molecule has 1 aliphatic rings. The maximum atomic E-state index is 11.7. The van der Waals surface area contributed by atoms with Gasteiger partial charge in [-0.05, 0) is 24.1 Å². The molecule has 104 valence electrons. The van der Waals surface area contributed by atoms with E-state index in [0.717, 1.165) is 13.0 Å². The Bertz CT molecular complexity index is 626. The fourth-order valence-electron chi connectivity index (χ4n) is 2.53. The third-order valence-corrected chi connectivity index (χ3v) is 4.73. The summed E-state index contributed by atoms with van der Waals surface area (Å²) in [5.41, 5.74) is 8.28. The smallest absolute Gasteiger partial charge is 0.354 e. The first kappa shape index (κ1) is 13.1. The zero-order valence-electron chi connectivity index (χ0n) is 11.2. The predicted molar refractivity (Wildman–Crippen MR) is 80.0 cm³/mol. The maximum Gasteiger partial charge on any atom is 0.354 e. The third-order valence-electron chi connectivity index (χ3n) is 3.43. The molecule has 0 aliphatic carbocycles. The fraction of sp³-hybridized carbons (Fsp3) is 0.267. The quantitative estimate of drug-likeness (QED) is 0.882. The molecule has 0 fully saturated rings. The highest BCUT2D eigenvalue weighted by molar-refractivity contribution is 8.00. The Kier molecular flexibility index (Phi) is 3.44. The summed E-state index contributed by atoms with van der Waals surface area (Å²) in [6.45, 7) is 0.751. The molecule has 3 rings (SSSR count). The first-order chi connectivity index (χ1) is 9.67. The first-order valence-electron chi connectivity index (χ1n) is 6.46. The number of anilines is 1. The van der Waals surface area contributed by atoms with Crippen molar-refractivity contribution >= 4 is 23.4 Å². The SMILES string of the molecule is COC(=O)c1cc(N)cn1CC1Cc2ccccc2S1. The summed E-state index contributed by atoms with van der Waals surface area (Å²) in [5.74, 6) is -0.345. The van der Waals surface area contributed by atoms with E-state index in [0.29, 0.717) is 16.6 Å². The van der Waals surface area contributed by atoms with E-state index in [4.69, 9.17) is 10.5 Å². The summed E-state index contributed by atoms with van der Waals surface area (Å²) in [6.07, 6.45) is 2.81. The Morgan fingerprint density at radius 3 is 3.05 bits per heavy atom. The second kappa shape index (κ2) is 5.25. The van der Waals surface area contributed by atoms with Crippen LogP contribution in [0.2, 0.25) is 0 Å². The Morgan fingerprint density at radius 2 is 2.30 bits per heavy atom. The van der Waals surface area contributed by atoms with Gasteiger partial charge in [0.05, 0.1) is 12.8 Å². The van der Waals surface area contributed by atoms with Crippen molar-refractivity contribution in [1.82, 2.24) is 4.57 Å². The molecular weight excluding hydrogens is 272 g/mol. The molecule has 5 heteroatoms. The van der Waals surface area contributed by atoms with Crippen molar-refractivity contribution in [2.24, 2.45) is 0 Å². The minimum absolute atomic E-state index is 0.345. The van der Waals surface area contributed by atoms with E-state index < -0.39 is 0 Å². The van der Waals surface area contributed by atoms with Crippen LogP contribution in [-0.2, 0) is 17.7 Å². The van der Waals surface area contributed by atoms with Gasteiger partial charge >= 0.3 is 5.97 Å². The lowest BCUT2D eigenvalue weighted by Crippen LogP contribution is -2.16. The van der Waals surface area contributed by atoms with E-state index >= 15 is 0 Å². The van der Waals surface area contributed by atoms with Crippen LogP contribution in [0.25, 0.3) is 0 Å². The minimum Gasteiger partial charge on any atom is -0.464 e. The number of carbonyl (C=O) groups is 1. The summed E-state index contributed by atoms with van der Waals surface area (Å²) in [6, 6.07) is 10.1. The molecule has 0 saturated heterocycles. The van der Waals surface area contributed by atoms with Crippen LogP contribution in [0.5, 0.6) is 0 Å². The number of benzene rings is 1. The fourth-order valence-corrected chi connectivity index (χ4v) is 3.85. The molecule has 0 saturated carbocycles. The first-order valence-corrected chi connectivity index (χ1v) is 7.34. The van der Waals surface area contributed by atoms with Gasteiger partial charge in [0.2, 0.25) is 0 Å². The number of hydrogen-bond acceptors (Lipinski definition) is 4. The Hall–Kier alpha value is -1.88. The van der Waals surface area contributed by atoms with Crippen LogP contribution >= 0.6 is 11.8 Å². The average Bonchev–Trinajstić information content (AvgIpc) is 3.01. The number of nitrogens with zero attached hydrogens (tertiary/aromatic N) is 1. The van der Waals surface area contributed by atoms with Gasteiger partial charge in [0.15, 0.2) is 0 Å². The predicted octanol–water partition coefficient (Wildman–Crippen LogP) is 2.57. The normalized spacial score (nSPS) is 16.9. The lowest BCUT2D eigenvalue weighted by atomic mass is 10.1. The van der Waals surface area contributed by atoms with Crippen LogP contribution in [0.1, 0.15) is 16.1 Å². The number of methoxy groups -OCH3 is 1. The number of esters is 1. The summed E-state index contributed by atoms with van der Waals surface area (Å²) in [7, 11) is 1.38. The zero-order chi connectivity index (χ0) is 14.1. The standard InChI is InChI=1S/C15H16N2O2S/c1-19-15(18)13-7-11(16)8-17(13)9-12-6-10-4-2-3-5-14(10)20-12/h2-5,7-8,12H,6,9,16H2,1H3. The van der Waals surface area contributed by atoms with Crippen molar-refractivity contribution in [2.45, 2.75) is 23.1 Å². The number of nitrogens with two attached hydrogens (primary N) is 1. The van der Waals surface area contributed by atoms with Crippen LogP contribution in [0, 0.1) is 0 Å². The van der Waals surface area contributed by atoms with Crippen molar-refractivity contribution in [3.8, 4) is 0 Å². The Balaban J connectivity index is 1.79. The van der Waals surface area contributed by atoms with Crippen LogP contribution in [0.3, 0.4) is 0 Å². The van der Waals surface area contributed by atoms with Crippen molar-refractivity contribution in [3.05, 3.63) is 47.8 Å². The molecule has 1 aliphatic heterocycles. The summed E-state index contributed by atoms with van der Waals surface area (Å²) < 4.78 is 6.69. The van der Waals surface area contributed by atoms with E-state index in [-0.39, 0.29) is 5.97 Å². The number of thioether (sulfide) groups is 1. The molecule has 2 aromatic rings. The number of aromatic nitrogens is 1. The third kappa shape index (κ3) is 2.41. The zero-order valence-corrected chi connectivity index (χ0v) is 12.0. The van der Waals surface area contributed by atoms with Gasteiger partial charge in [-0.3, -0.25) is 0 Å². The van der Waals surface area contributed by atoms with E-state index in [1.54, 1.807) is 12.3 Å². The highest BCUT2D eigenvalue weighted by Crippen LogP contribution is 2.37. The molecule has 2 N–H and O–H groups in total. The largest absolute Gasteiger partial charge is 0.464 e. The van der Waals surface area contributed by atoms with Gasteiger partial charge in [-0.2, -0.15) is 0 Å². The van der Waals surface area contributed by atoms with Crippen molar-refractivity contribution in [3.63, 3.8) is 0 Å². The molecule has 1 atom stereocenters. The second-order valence-electron chi connectivity index (χ2n) is 4.85. The van der Waals surface area contributed by atoms with Gasteiger partial charge in [0.1, 0.15) is 5.69 Å². The number of fused-ring (bicyclic) bond motifs is 1. The monoisotopic (exact) mass is 288 g/mol. The van der Waals surface area contributed by atoms with Crippen LogP contribution in [-0.4, -0.2) is 22.9 Å². The van der Waals surface area contributed by atoms with Gasteiger partial charge in [-0.25, -0.2) is 4.79 Å². The van der Waals surface area contributed by atoms with Crippen LogP contribution in [0.4, 0.5) is 5.69 Å². The van der Waals surface area contributed by atoms with Crippen molar-refractivity contribution < 1.29 is 9.53 Å². The number of carbonyl (C=O) groups excluding carboxylic acids is 1. The number of hydrogen-bond donors (Lipinski definition) is 1.